The molecule has 0 aliphatic heterocycles. The molecule has 0 unspecified atom stereocenters. The molecule has 2 N–H and O–H groups in total. The van der Waals surface area contributed by atoms with Crippen LogP contribution in [0.4, 0.5) is 5.69 Å². The molecule has 0 saturated heterocycles. The fraction of sp³-hybridized carbons (Fsp3) is 0.0769. The molecule has 1 heterocycles. The second-order valence-electron chi connectivity index (χ2n) is 3.86. The van der Waals surface area contributed by atoms with Gasteiger partial charge in [-0.05, 0) is 63.1 Å². The van der Waals surface area contributed by atoms with E-state index in [0.29, 0.717) is 22.9 Å². The van der Waals surface area contributed by atoms with E-state index in [1.165, 1.54) is 0 Å². The van der Waals surface area contributed by atoms with Crippen LogP contribution < -0.4 is 10.5 Å². The van der Waals surface area contributed by atoms with Crippen LogP contribution in [-0.4, -0.2) is 4.98 Å². The smallest absolute Gasteiger partial charge is 0.219 e. The number of rotatable bonds is 2. The van der Waals surface area contributed by atoms with E-state index < -0.39 is 0 Å². The molecule has 0 fully saturated rings. The standard InChI is InChI=1S/C13H9BrIN3O/c1-7-2-12(18-6-9(7)14)19-13-10(15)3-8(5-16)4-11(13)17/h2-4,6H,17H2,1H3. The molecule has 0 atom stereocenters. The predicted octanol–water partition coefficient (Wildman–Crippen LogP) is 4.00. The summed E-state index contributed by atoms with van der Waals surface area (Å²) in [6.07, 6.45) is 1.68. The molecule has 4 nitrogen and oxygen atoms in total. The maximum Gasteiger partial charge on any atom is 0.219 e. The molecule has 1 aromatic heterocycles. The van der Waals surface area contributed by atoms with Gasteiger partial charge in [-0.25, -0.2) is 4.98 Å². The van der Waals surface area contributed by atoms with E-state index in [1.54, 1.807) is 18.3 Å². The van der Waals surface area contributed by atoms with Crippen molar-refractivity contribution in [3.05, 3.63) is 43.6 Å². The number of hydrogen-bond acceptors (Lipinski definition) is 4. The summed E-state index contributed by atoms with van der Waals surface area (Å²) in [7, 11) is 0. The number of pyridine rings is 1. The quantitative estimate of drug-likeness (QED) is 0.578. The Labute approximate surface area is 132 Å². The van der Waals surface area contributed by atoms with Crippen molar-refractivity contribution in [2.24, 2.45) is 0 Å². The van der Waals surface area contributed by atoms with Crippen LogP contribution >= 0.6 is 38.5 Å². The van der Waals surface area contributed by atoms with Crippen molar-refractivity contribution in [3.8, 4) is 17.7 Å². The monoisotopic (exact) mass is 429 g/mol. The van der Waals surface area contributed by atoms with Gasteiger partial charge in [-0.1, -0.05) is 0 Å². The summed E-state index contributed by atoms with van der Waals surface area (Å²) in [6, 6.07) is 7.18. The molecule has 0 bridgehead atoms. The first-order valence-electron chi connectivity index (χ1n) is 5.30. The third-order valence-electron chi connectivity index (χ3n) is 2.43. The Balaban J connectivity index is 2.38. The second kappa shape index (κ2) is 5.75. The highest BCUT2D eigenvalue weighted by Gasteiger charge is 2.11. The first kappa shape index (κ1) is 14.1. The molecule has 6 heteroatoms. The fourth-order valence-corrected chi connectivity index (χ4v) is 2.43. The van der Waals surface area contributed by atoms with Crippen molar-refractivity contribution < 1.29 is 4.74 Å². The number of nitriles is 1. The Morgan fingerprint density at radius 1 is 1.42 bits per heavy atom. The zero-order chi connectivity index (χ0) is 14.0. The molecule has 2 aromatic rings. The van der Waals surface area contributed by atoms with Crippen molar-refractivity contribution in [1.82, 2.24) is 4.98 Å². The highest BCUT2D eigenvalue weighted by Crippen LogP contribution is 2.33. The topological polar surface area (TPSA) is 71.9 Å². The van der Waals surface area contributed by atoms with Gasteiger partial charge >= 0.3 is 0 Å². The lowest BCUT2D eigenvalue weighted by Gasteiger charge is -2.11. The van der Waals surface area contributed by atoms with Crippen molar-refractivity contribution in [2.45, 2.75) is 6.92 Å². The first-order valence-corrected chi connectivity index (χ1v) is 7.17. The van der Waals surface area contributed by atoms with E-state index in [4.69, 9.17) is 15.7 Å². The third kappa shape index (κ3) is 3.16. The SMILES string of the molecule is Cc1cc(Oc2c(N)cc(C#N)cc2I)ncc1Br. The second-order valence-corrected chi connectivity index (χ2v) is 5.88. The number of hydrogen-bond donors (Lipinski definition) is 1. The third-order valence-corrected chi connectivity index (χ3v) is 4.06. The summed E-state index contributed by atoms with van der Waals surface area (Å²) in [5, 5.41) is 8.87. The van der Waals surface area contributed by atoms with E-state index in [1.807, 2.05) is 13.0 Å². The minimum Gasteiger partial charge on any atom is -0.436 e. The molecule has 1 aromatic carbocycles. The van der Waals surface area contributed by atoms with Gasteiger partial charge in [-0.15, -0.1) is 0 Å². The summed E-state index contributed by atoms with van der Waals surface area (Å²) in [6.45, 7) is 1.95. The van der Waals surface area contributed by atoms with E-state index in [2.05, 4.69) is 49.6 Å². The maximum atomic E-state index is 8.87. The lowest BCUT2D eigenvalue weighted by atomic mass is 10.2. The van der Waals surface area contributed by atoms with Gasteiger partial charge in [0.1, 0.15) is 0 Å². The average Bonchev–Trinajstić information content (AvgIpc) is 2.37. The van der Waals surface area contributed by atoms with E-state index >= 15 is 0 Å². The van der Waals surface area contributed by atoms with Crippen molar-refractivity contribution in [1.29, 1.82) is 5.26 Å². The summed E-state index contributed by atoms with van der Waals surface area (Å²) < 4.78 is 7.39. The van der Waals surface area contributed by atoms with Gasteiger partial charge in [0.25, 0.3) is 0 Å². The molecule has 96 valence electrons. The minimum absolute atomic E-state index is 0.422. The zero-order valence-corrected chi connectivity index (χ0v) is 13.7. The summed E-state index contributed by atoms with van der Waals surface area (Å²) in [4.78, 5) is 4.17. The average molecular weight is 430 g/mol. The van der Waals surface area contributed by atoms with Crippen molar-refractivity contribution in [3.63, 3.8) is 0 Å². The highest BCUT2D eigenvalue weighted by molar-refractivity contribution is 14.1. The van der Waals surface area contributed by atoms with Crippen LogP contribution in [0.2, 0.25) is 0 Å². The Bertz CT molecular complexity index is 659. The van der Waals surface area contributed by atoms with Crippen LogP contribution in [0.5, 0.6) is 11.6 Å². The van der Waals surface area contributed by atoms with E-state index in [0.717, 1.165) is 13.6 Å². The van der Waals surface area contributed by atoms with Gasteiger partial charge in [0.05, 0.1) is 20.9 Å². The van der Waals surface area contributed by atoms with Crippen molar-refractivity contribution in [2.75, 3.05) is 5.73 Å². The van der Waals surface area contributed by atoms with Crippen LogP contribution in [-0.2, 0) is 0 Å². The molecule has 0 radical (unpaired) electrons. The number of halogens is 2. The Morgan fingerprint density at radius 2 is 2.16 bits per heavy atom. The molecular formula is C13H9BrIN3O. The van der Waals surface area contributed by atoms with Gasteiger partial charge < -0.3 is 10.5 Å². The van der Waals surface area contributed by atoms with E-state index in [-0.39, 0.29) is 0 Å². The Kier molecular flexibility index (Phi) is 4.27. The van der Waals surface area contributed by atoms with Crippen LogP contribution in [0.3, 0.4) is 0 Å². The summed E-state index contributed by atoms with van der Waals surface area (Å²) in [5.41, 5.74) is 7.85. The molecule has 0 aliphatic carbocycles. The number of anilines is 1. The number of nitrogens with two attached hydrogens (primary N) is 1. The van der Waals surface area contributed by atoms with Crippen LogP contribution in [0.1, 0.15) is 11.1 Å². The molecule has 0 aliphatic rings. The first-order chi connectivity index (χ1) is 9.01. The Morgan fingerprint density at radius 3 is 2.74 bits per heavy atom. The predicted molar refractivity (Wildman–Crippen MR) is 85.0 cm³/mol. The number of ether oxygens (including phenoxy) is 1. The van der Waals surface area contributed by atoms with Crippen LogP contribution in [0.25, 0.3) is 0 Å². The number of nitrogen functional groups attached to an aromatic ring is 1. The normalized spacial score (nSPS) is 10.0. The number of nitrogens with zero attached hydrogens (tertiary/aromatic N) is 2. The summed E-state index contributed by atoms with van der Waals surface area (Å²) >= 11 is 5.47. The van der Waals surface area contributed by atoms with Gasteiger partial charge in [0.15, 0.2) is 5.75 Å². The summed E-state index contributed by atoms with van der Waals surface area (Å²) in [5.74, 6) is 0.990. The molecule has 0 saturated carbocycles. The van der Waals surface area contributed by atoms with Crippen LogP contribution in [0, 0.1) is 21.8 Å². The molecular weight excluding hydrogens is 421 g/mol. The molecule has 2 rings (SSSR count). The van der Waals surface area contributed by atoms with E-state index in [9.17, 15) is 0 Å². The highest BCUT2D eigenvalue weighted by atomic mass is 127. The van der Waals surface area contributed by atoms with Crippen molar-refractivity contribution >= 4 is 44.2 Å². The number of benzene rings is 1. The zero-order valence-electron chi connectivity index (χ0n) is 9.95. The van der Waals surface area contributed by atoms with Crippen LogP contribution in [0.15, 0.2) is 28.9 Å². The number of aryl methyl sites for hydroxylation is 1. The van der Waals surface area contributed by atoms with Gasteiger partial charge in [-0.2, -0.15) is 5.26 Å². The molecule has 19 heavy (non-hydrogen) atoms. The molecule has 0 amide bonds. The number of aromatic nitrogens is 1. The minimum atomic E-state index is 0.422. The molecule has 0 spiro atoms. The van der Waals surface area contributed by atoms with Gasteiger partial charge in [0, 0.05) is 16.7 Å². The lowest BCUT2D eigenvalue weighted by Crippen LogP contribution is -1.97. The lowest BCUT2D eigenvalue weighted by molar-refractivity contribution is 0.461. The Hall–Kier alpha value is -1.33. The van der Waals surface area contributed by atoms with Gasteiger partial charge in [-0.3, -0.25) is 0 Å². The largest absolute Gasteiger partial charge is 0.436 e. The maximum absolute atomic E-state index is 8.87. The van der Waals surface area contributed by atoms with Gasteiger partial charge in [0.2, 0.25) is 5.88 Å². The fourth-order valence-electron chi connectivity index (χ4n) is 1.46.